The molecule has 1 saturated carbocycles. The van der Waals surface area contributed by atoms with Gasteiger partial charge in [-0.1, -0.05) is 30.5 Å². The summed E-state index contributed by atoms with van der Waals surface area (Å²) in [4.78, 5) is 11.2. The number of hydrogen-bond donors (Lipinski definition) is 2. The normalized spacial score (nSPS) is 22.7. The van der Waals surface area contributed by atoms with E-state index in [1.807, 2.05) is 0 Å². The van der Waals surface area contributed by atoms with Crippen LogP contribution in [0.3, 0.4) is 0 Å². The third-order valence-corrected chi connectivity index (χ3v) is 4.24. The minimum Gasteiger partial charge on any atom is -0.481 e. The van der Waals surface area contributed by atoms with Crippen LogP contribution in [0.2, 0.25) is 5.02 Å². The molecule has 1 aliphatic rings. The van der Waals surface area contributed by atoms with E-state index in [0.717, 1.165) is 31.2 Å². The predicted molar refractivity (Wildman–Crippen MR) is 76.2 cm³/mol. The number of benzene rings is 1. The van der Waals surface area contributed by atoms with Crippen LogP contribution >= 0.6 is 11.6 Å². The summed E-state index contributed by atoms with van der Waals surface area (Å²) < 4.78 is 13.0. The van der Waals surface area contributed by atoms with Crippen molar-refractivity contribution in [3.8, 4) is 0 Å². The first-order valence-electron chi connectivity index (χ1n) is 6.95. The van der Waals surface area contributed by atoms with Gasteiger partial charge in [-0.3, -0.25) is 4.79 Å². The van der Waals surface area contributed by atoms with E-state index in [4.69, 9.17) is 11.6 Å². The Balaban J connectivity index is 1.85. The Labute approximate surface area is 123 Å². The summed E-state index contributed by atoms with van der Waals surface area (Å²) in [6, 6.07) is 4.63. The summed E-state index contributed by atoms with van der Waals surface area (Å²) in [6.07, 6.45) is 3.82. The fourth-order valence-electron chi connectivity index (χ4n) is 2.83. The van der Waals surface area contributed by atoms with Crippen LogP contribution in [0.25, 0.3) is 0 Å². The summed E-state index contributed by atoms with van der Waals surface area (Å²) in [7, 11) is 0. The minimum atomic E-state index is -0.693. The van der Waals surface area contributed by atoms with Crippen LogP contribution in [0.4, 0.5) is 4.39 Å². The molecule has 5 heteroatoms. The van der Waals surface area contributed by atoms with Crippen molar-refractivity contribution >= 4 is 17.6 Å². The molecule has 1 aromatic carbocycles. The molecule has 0 amide bonds. The Hall–Kier alpha value is -1.13. The van der Waals surface area contributed by atoms with Crippen molar-refractivity contribution < 1.29 is 14.3 Å². The van der Waals surface area contributed by atoms with Gasteiger partial charge in [-0.05, 0) is 43.0 Å². The van der Waals surface area contributed by atoms with Gasteiger partial charge in [-0.25, -0.2) is 4.39 Å². The Bertz CT molecular complexity index is 481. The molecule has 0 radical (unpaired) electrons. The average Bonchev–Trinajstić information content (AvgIpc) is 2.43. The van der Waals surface area contributed by atoms with Gasteiger partial charge in [0.1, 0.15) is 5.82 Å². The van der Waals surface area contributed by atoms with E-state index >= 15 is 0 Å². The molecule has 0 heterocycles. The summed E-state index contributed by atoms with van der Waals surface area (Å²) in [5, 5.41) is 12.6. The molecule has 2 atom stereocenters. The van der Waals surface area contributed by atoms with Crippen molar-refractivity contribution in [3.63, 3.8) is 0 Å². The summed E-state index contributed by atoms with van der Waals surface area (Å²) in [5.74, 6) is -1.18. The lowest BCUT2D eigenvalue weighted by Gasteiger charge is -2.28. The van der Waals surface area contributed by atoms with E-state index in [2.05, 4.69) is 5.32 Å². The number of carboxylic acids is 1. The molecule has 20 heavy (non-hydrogen) atoms. The van der Waals surface area contributed by atoms with Gasteiger partial charge in [0, 0.05) is 6.54 Å². The monoisotopic (exact) mass is 299 g/mol. The van der Waals surface area contributed by atoms with Gasteiger partial charge in [0.15, 0.2) is 0 Å². The average molecular weight is 300 g/mol. The Morgan fingerprint density at radius 2 is 2.15 bits per heavy atom. The van der Waals surface area contributed by atoms with Gasteiger partial charge in [-0.15, -0.1) is 0 Å². The molecule has 0 aliphatic heterocycles. The van der Waals surface area contributed by atoms with Crippen molar-refractivity contribution in [3.05, 3.63) is 34.6 Å². The van der Waals surface area contributed by atoms with Crippen molar-refractivity contribution in [2.45, 2.75) is 32.2 Å². The lowest BCUT2D eigenvalue weighted by atomic mass is 9.79. The van der Waals surface area contributed by atoms with Gasteiger partial charge in [0.25, 0.3) is 0 Å². The Kier molecular flexibility index (Phi) is 5.38. The van der Waals surface area contributed by atoms with Crippen molar-refractivity contribution in [1.82, 2.24) is 5.32 Å². The summed E-state index contributed by atoms with van der Waals surface area (Å²) in [5.41, 5.74) is 0.902. The van der Waals surface area contributed by atoms with Gasteiger partial charge in [-0.2, -0.15) is 0 Å². The quantitative estimate of drug-likeness (QED) is 0.875. The number of nitrogens with one attached hydrogen (secondary N) is 1. The molecule has 0 aromatic heterocycles. The van der Waals surface area contributed by atoms with Crippen molar-refractivity contribution in [2.24, 2.45) is 11.8 Å². The molecule has 0 saturated heterocycles. The molecule has 0 bridgehead atoms. The second-order valence-corrected chi connectivity index (χ2v) is 5.78. The maximum absolute atomic E-state index is 13.0. The van der Waals surface area contributed by atoms with E-state index in [-0.39, 0.29) is 16.9 Å². The van der Waals surface area contributed by atoms with Crippen LogP contribution in [-0.4, -0.2) is 17.6 Å². The highest BCUT2D eigenvalue weighted by molar-refractivity contribution is 6.30. The maximum atomic E-state index is 13.0. The van der Waals surface area contributed by atoms with E-state index in [1.165, 1.54) is 6.07 Å². The lowest BCUT2D eigenvalue weighted by molar-refractivity contribution is -0.144. The van der Waals surface area contributed by atoms with Crippen LogP contribution in [-0.2, 0) is 11.3 Å². The Morgan fingerprint density at radius 3 is 2.85 bits per heavy atom. The molecule has 1 fully saturated rings. The second kappa shape index (κ2) is 7.04. The van der Waals surface area contributed by atoms with Gasteiger partial charge in [0.2, 0.25) is 0 Å². The molecule has 2 N–H and O–H groups in total. The van der Waals surface area contributed by atoms with Crippen LogP contribution < -0.4 is 5.32 Å². The third-order valence-electron chi connectivity index (χ3n) is 3.95. The van der Waals surface area contributed by atoms with E-state index in [0.29, 0.717) is 13.1 Å². The Morgan fingerprint density at radius 1 is 1.40 bits per heavy atom. The molecule has 1 aromatic rings. The highest BCUT2D eigenvalue weighted by atomic mass is 35.5. The maximum Gasteiger partial charge on any atom is 0.306 e. The first kappa shape index (κ1) is 15.3. The highest BCUT2D eigenvalue weighted by Crippen LogP contribution is 2.29. The molecule has 3 nitrogen and oxygen atoms in total. The fraction of sp³-hybridized carbons (Fsp3) is 0.533. The number of rotatable bonds is 5. The van der Waals surface area contributed by atoms with E-state index in [9.17, 15) is 14.3 Å². The van der Waals surface area contributed by atoms with Gasteiger partial charge < -0.3 is 10.4 Å². The highest BCUT2D eigenvalue weighted by Gasteiger charge is 2.30. The smallest absolute Gasteiger partial charge is 0.306 e. The second-order valence-electron chi connectivity index (χ2n) is 5.37. The fourth-order valence-corrected chi connectivity index (χ4v) is 3.03. The van der Waals surface area contributed by atoms with Crippen LogP contribution in [0.5, 0.6) is 0 Å². The third kappa shape index (κ3) is 3.93. The van der Waals surface area contributed by atoms with Crippen molar-refractivity contribution in [2.75, 3.05) is 6.54 Å². The number of carbonyl (C=O) groups is 1. The molecule has 2 rings (SSSR count). The minimum absolute atomic E-state index is 0.116. The van der Waals surface area contributed by atoms with Crippen LogP contribution in [0.15, 0.2) is 18.2 Å². The van der Waals surface area contributed by atoms with Gasteiger partial charge >= 0.3 is 5.97 Å². The summed E-state index contributed by atoms with van der Waals surface area (Å²) in [6.45, 7) is 1.24. The number of aliphatic carboxylic acids is 1. The SMILES string of the molecule is O=C(O)C1CCCCC1CNCc1ccc(F)c(Cl)c1. The molecular weight excluding hydrogens is 281 g/mol. The topological polar surface area (TPSA) is 49.3 Å². The van der Waals surface area contributed by atoms with Crippen LogP contribution in [0, 0.1) is 17.7 Å². The molecule has 2 unspecified atom stereocenters. The first-order valence-corrected chi connectivity index (χ1v) is 7.33. The first-order chi connectivity index (χ1) is 9.58. The molecule has 110 valence electrons. The molecule has 1 aliphatic carbocycles. The lowest BCUT2D eigenvalue weighted by Crippen LogP contribution is -2.34. The van der Waals surface area contributed by atoms with Crippen LogP contribution in [0.1, 0.15) is 31.2 Å². The zero-order chi connectivity index (χ0) is 14.5. The number of halogens is 2. The number of hydrogen-bond acceptors (Lipinski definition) is 2. The predicted octanol–water partition coefficient (Wildman–Crippen LogP) is 3.46. The van der Waals surface area contributed by atoms with Crippen molar-refractivity contribution in [1.29, 1.82) is 0 Å². The standard InChI is InChI=1S/C15H19ClFNO2/c16-13-7-10(5-6-14(13)17)8-18-9-11-3-1-2-4-12(11)15(19)20/h5-7,11-12,18H,1-4,8-9H2,(H,19,20). The van der Waals surface area contributed by atoms with E-state index in [1.54, 1.807) is 12.1 Å². The summed E-state index contributed by atoms with van der Waals surface area (Å²) >= 11 is 5.73. The zero-order valence-corrected chi connectivity index (χ0v) is 12.0. The molecular formula is C15H19ClFNO2. The largest absolute Gasteiger partial charge is 0.481 e. The van der Waals surface area contributed by atoms with E-state index < -0.39 is 11.8 Å². The molecule has 0 spiro atoms. The number of carboxylic acid groups (broad SMARTS) is 1. The zero-order valence-electron chi connectivity index (χ0n) is 11.2. The van der Waals surface area contributed by atoms with Gasteiger partial charge in [0.05, 0.1) is 10.9 Å².